The molecule has 13 nitrogen and oxygen atoms in total. The minimum Gasteiger partial charge on any atom is -0.513 e. The maximum atomic E-state index is 12.8. The number of amidine groups is 1. The summed E-state index contributed by atoms with van der Waals surface area (Å²) in [6.45, 7) is 2.53. The number of aromatic nitrogens is 3. The van der Waals surface area contributed by atoms with Crippen LogP contribution < -0.4 is 21.7 Å². The van der Waals surface area contributed by atoms with Gasteiger partial charge in [-0.05, 0) is 37.5 Å². The summed E-state index contributed by atoms with van der Waals surface area (Å²) in [4.78, 5) is 38.1. The highest BCUT2D eigenvalue weighted by Gasteiger charge is 2.38. The number of carbonyl (C=O) groups is 2. The Balaban J connectivity index is 1.20. The average Bonchev–Trinajstić information content (AvgIpc) is 3.84. The second-order valence-electron chi connectivity index (χ2n) is 13.2. The van der Waals surface area contributed by atoms with Crippen LogP contribution in [0.4, 0.5) is 24.5 Å². The van der Waals surface area contributed by atoms with Gasteiger partial charge in [0.1, 0.15) is 24.3 Å². The number of rotatable bonds is 11. The second-order valence-corrected chi connectivity index (χ2v) is 13.2. The Kier molecular flexibility index (Phi) is 9.79. The lowest BCUT2D eigenvalue weighted by Crippen LogP contribution is -2.48. The number of nitrogens with one attached hydrogen (secondary N) is 1. The minimum atomic E-state index is -4.50. The molecule has 16 heteroatoms. The van der Waals surface area contributed by atoms with Gasteiger partial charge in [0.25, 0.3) is 11.8 Å². The van der Waals surface area contributed by atoms with Gasteiger partial charge in [-0.15, -0.1) is 0 Å². The molecule has 51 heavy (non-hydrogen) atoms. The molecule has 1 saturated carbocycles. The Labute approximate surface area is 293 Å². The van der Waals surface area contributed by atoms with Gasteiger partial charge in [-0.2, -0.15) is 23.3 Å². The molecule has 270 valence electrons. The molecule has 2 aliphatic heterocycles. The molecule has 3 aliphatic rings. The van der Waals surface area contributed by atoms with Crippen molar-refractivity contribution in [1.29, 1.82) is 0 Å². The summed E-state index contributed by atoms with van der Waals surface area (Å²) in [7, 11) is 3.12. The number of hydrogen-bond donors (Lipinski definition) is 4. The van der Waals surface area contributed by atoms with Crippen LogP contribution in [0.3, 0.4) is 0 Å². The summed E-state index contributed by atoms with van der Waals surface area (Å²) in [5, 5.41) is 17.9. The van der Waals surface area contributed by atoms with E-state index < -0.39 is 18.6 Å². The fourth-order valence-corrected chi connectivity index (χ4v) is 6.66. The smallest absolute Gasteiger partial charge is 0.406 e. The summed E-state index contributed by atoms with van der Waals surface area (Å²) in [5.74, 6) is -1.17. The number of aliphatic imine (C=N–C) groups is 1. The number of benzene rings is 1. The van der Waals surface area contributed by atoms with E-state index in [2.05, 4.69) is 36.7 Å². The lowest BCUT2D eigenvalue weighted by molar-refractivity contribution is -0.138. The van der Waals surface area contributed by atoms with Crippen molar-refractivity contribution in [2.45, 2.75) is 51.0 Å². The quantitative estimate of drug-likeness (QED) is 0.0965. The molecule has 0 spiro atoms. The molecule has 6 rings (SSSR count). The molecular formula is C35H41F3N10O3. The van der Waals surface area contributed by atoms with Crippen LogP contribution in [0.15, 0.2) is 71.3 Å². The molecule has 1 atom stereocenters. The molecule has 2 aromatic heterocycles. The Morgan fingerprint density at radius 1 is 1.14 bits per heavy atom. The lowest BCUT2D eigenvalue weighted by Gasteiger charge is -2.43. The third-order valence-corrected chi connectivity index (χ3v) is 9.32. The maximum Gasteiger partial charge on any atom is 0.406 e. The summed E-state index contributed by atoms with van der Waals surface area (Å²) < 4.78 is 40.5. The molecule has 1 unspecified atom stereocenters. The number of carbonyl (C=O) groups excluding carboxylic acids is 2. The van der Waals surface area contributed by atoms with E-state index in [4.69, 9.17) is 16.6 Å². The lowest BCUT2D eigenvalue weighted by atomic mass is 9.91. The SMILES string of the molecule is CCC1c2c(cnn2C2CN(Cc3cccc(C(=O)N(C)CC(F)(F)F)n3)C2)-c2cccc(NC(=C/C(N)=NC(=O)C3CC3)/C(N)=C\O)c2N1C. The zero-order valence-electron chi connectivity index (χ0n) is 28.6. The van der Waals surface area contributed by atoms with E-state index in [1.54, 1.807) is 12.1 Å². The van der Waals surface area contributed by atoms with Crippen LogP contribution in [0.2, 0.25) is 0 Å². The van der Waals surface area contributed by atoms with Gasteiger partial charge in [0.15, 0.2) is 0 Å². The molecule has 1 aliphatic carbocycles. The van der Waals surface area contributed by atoms with Gasteiger partial charge in [0, 0.05) is 56.9 Å². The minimum absolute atomic E-state index is 0.0143. The van der Waals surface area contributed by atoms with Gasteiger partial charge in [-0.1, -0.05) is 25.1 Å². The standard InChI is InChI=1S/C35H41F3N10O3/c1-4-29-32-24(14-41-48(32)22-16-47(17-22)15-21-7-5-10-27(42-21)34(51)45(2)19-35(36,37)38)23-8-6-9-26(31(23)46(29)3)43-28(25(39)18-49)13-30(40)44-33(50)20-11-12-20/h5-10,13-14,18,20,22,29,43,49H,4,11-12,15-17,19,39H2,1-3H3,(H2,40,44,50)/b25-18+,28-13+. The maximum absolute atomic E-state index is 12.8. The van der Waals surface area contributed by atoms with Crippen LogP contribution >= 0.6 is 0 Å². The average molecular weight is 707 g/mol. The first-order chi connectivity index (χ1) is 24.3. The van der Waals surface area contributed by atoms with E-state index in [-0.39, 0.29) is 46.8 Å². The number of likely N-dealkylation sites (tertiary alicyclic amines) is 1. The Morgan fingerprint density at radius 2 is 1.86 bits per heavy atom. The van der Waals surface area contributed by atoms with E-state index in [1.165, 1.54) is 12.1 Å². The Hall–Kier alpha value is -5.38. The number of anilines is 2. The number of nitrogens with two attached hydrogens (primary N) is 2. The predicted molar refractivity (Wildman–Crippen MR) is 187 cm³/mol. The van der Waals surface area contributed by atoms with E-state index in [0.717, 1.165) is 55.1 Å². The molecule has 2 amide bonds. The number of fused-ring (bicyclic) bond motifs is 3. The number of alkyl halides is 3. The van der Waals surface area contributed by atoms with Gasteiger partial charge in [0.05, 0.1) is 52.4 Å². The van der Waals surface area contributed by atoms with E-state index in [1.807, 2.05) is 31.4 Å². The van der Waals surface area contributed by atoms with Crippen LogP contribution in [-0.4, -0.2) is 87.2 Å². The zero-order chi connectivity index (χ0) is 36.6. The molecule has 0 bridgehead atoms. The monoisotopic (exact) mass is 706 g/mol. The van der Waals surface area contributed by atoms with Crippen molar-refractivity contribution in [2.75, 3.05) is 43.9 Å². The van der Waals surface area contributed by atoms with Crippen molar-refractivity contribution >= 4 is 29.0 Å². The first-order valence-corrected chi connectivity index (χ1v) is 16.7. The predicted octanol–water partition coefficient (Wildman–Crippen LogP) is 4.48. The van der Waals surface area contributed by atoms with Crippen molar-refractivity contribution in [2.24, 2.45) is 22.4 Å². The van der Waals surface area contributed by atoms with Crippen LogP contribution in [0, 0.1) is 5.92 Å². The summed E-state index contributed by atoms with van der Waals surface area (Å²) in [6, 6.07) is 10.7. The summed E-state index contributed by atoms with van der Waals surface area (Å²) >= 11 is 0. The molecule has 1 saturated heterocycles. The Bertz CT molecular complexity index is 1910. The fourth-order valence-electron chi connectivity index (χ4n) is 6.66. The highest BCUT2D eigenvalue weighted by Crippen LogP contribution is 2.49. The molecule has 2 fully saturated rings. The molecule has 6 N–H and O–H groups in total. The molecule has 3 aromatic rings. The number of halogens is 3. The molecular weight excluding hydrogens is 665 g/mol. The van der Waals surface area contributed by atoms with Gasteiger partial charge in [0.2, 0.25) is 0 Å². The summed E-state index contributed by atoms with van der Waals surface area (Å²) in [6.07, 6.45) is 1.94. The number of amides is 2. The Morgan fingerprint density at radius 3 is 2.53 bits per heavy atom. The first kappa shape index (κ1) is 35.4. The zero-order valence-corrected chi connectivity index (χ0v) is 28.6. The van der Waals surface area contributed by atoms with Crippen molar-refractivity contribution in [3.05, 3.63) is 83.4 Å². The normalized spacial score (nSPS) is 18.6. The van der Waals surface area contributed by atoms with Crippen LogP contribution in [0.1, 0.15) is 60.1 Å². The van der Waals surface area contributed by atoms with Crippen LogP contribution in [0.5, 0.6) is 0 Å². The second kappa shape index (κ2) is 14.1. The molecule has 4 heterocycles. The van der Waals surface area contributed by atoms with Crippen molar-refractivity contribution < 1.29 is 27.9 Å². The van der Waals surface area contributed by atoms with Crippen LogP contribution in [-0.2, 0) is 11.3 Å². The number of hydrogen-bond acceptors (Lipinski definition) is 9. The van der Waals surface area contributed by atoms with Gasteiger partial charge >= 0.3 is 6.18 Å². The number of aliphatic hydroxyl groups excluding tert-OH is 1. The highest BCUT2D eigenvalue weighted by molar-refractivity contribution is 6.02. The van der Waals surface area contributed by atoms with Gasteiger partial charge in [-0.3, -0.25) is 19.2 Å². The van der Waals surface area contributed by atoms with Gasteiger partial charge in [-0.25, -0.2) is 4.98 Å². The van der Waals surface area contributed by atoms with E-state index >= 15 is 0 Å². The van der Waals surface area contributed by atoms with E-state index in [9.17, 15) is 27.9 Å². The van der Waals surface area contributed by atoms with Gasteiger partial charge < -0.3 is 31.7 Å². The first-order valence-electron chi connectivity index (χ1n) is 16.7. The number of para-hydroxylation sites is 1. The number of pyridine rings is 1. The number of aliphatic hydroxyl groups is 1. The topological polar surface area (TPSA) is 171 Å². The largest absolute Gasteiger partial charge is 0.513 e. The number of nitrogens with zero attached hydrogens (tertiary/aromatic N) is 7. The third kappa shape index (κ3) is 7.55. The molecule has 1 aromatic carbocycles. The van der Waals surface area contributed by atoms with Crippen molar-refractivity contribution in [1.82, 2.24) is 24.6 Å². The van der Waals surface area contributed by atoms with Crippen molar-refractivity contribution in [3.8, 4) is 11.1 Å². The summed E-state index contributed by atoms with van der Waals surface area (Å²) in [5.41, 5.74) is 17.7. The van der Waals surface area contributed by atoms with Crippen molar-refractivity contribution in [3.63, 3.8) is 0 Å². The third-order valence-electron chi connectivity index (χ3n) is 9.32. The fraction of sp³-hybridized carbons (Fsp3) is 0.400. The molecule has 0 radical (unpaired) electrons. The van der Waals surface area contributed by atoms with Crippen LogP contribution in [0.25, 0.3) is 11.1 Å². The van der Waals surface area contributed by atoms with E-state index in [0.29, 0.717) is 35.9 Å². The highest BCUT2D eigenvalue weighted by atomic mass is 19.4.